The molecule has 0 spiro atoms. The van der Waals surface area contributed by atoms with Crippen LogP contribution < -0.4 is 27.7 Å². The molecule has 13 heavy (non-hydrogen) atoms. The second-order valence-electron chi connectivity index (χ2n) is 2.27. The maximum atomic E-state index is 4.83. The summed E-state index contributed by atoms with van der Waals surface area (Å²) in [7, 11) is 0. The maximum absolute atomic E-state index is 4.83. The second kappa shape index (κ2) is 12.7. The van der Waals surface area contributed by atoms with Crippen LogP contribution in [0.5, 0.6) is 0 Å². The fourth-order valence-electron chi connectivity index (χ4n) is 0.682. The summed E-state index contributed by atoms with van der Waals surface area (Å²) in [6.07, 6.45) is 0. The van der Waals surface area contributed by atoms with Gasteiger partial charge in [-0.2, -0.15) is 0 Å². The molecule has 0 aliphatic rings. The minimum absolute atomic E-state index is 0. The van der Waals surface area contributed by atoms with Crippen molar-refractivity contribution in [3.05, 3.63) is 30.3 Å². The topological polar surface area (TPSA) is 9.23 Å². The van der Waals surface area contributed by atoms with Crippen LogP contribution in [0.4, 0.5) is 0 Å². The van der Waals surface area contributed by atoms with Gasteiger partial charge < -0.3 is 28.7 Å². The summed E-state index contributed by atoms with van der Waals surface area (Å²) >= 11 is 1.90. The van der Waals surface area contributed by atoms with Crippen molar-refractivity contribution in [2.45, 2.75) is 13.8 Å². The van der Waals surface area contributed by atoms with E-state index in [1.54, 1.807) is 0 Å². The van der Waals surface area contributed by atoms with E-state index in [1.807, 2.05) is 53.8 Å². The molecule has 1 aromatic rings. The summed E-state index contributed by atoms with van der Waals surface area (Å²) in [6.45, 7) is 5.67. The van der Waals surface area contributed by atoms with Gasteiger partial charge in [-0.15, -0.1) is 0 Å². The Morgan fingerprint density at radius 2 is 1.54 bits per heavy atom. The Morgan fingerprint density at radius 1 is 1.08 bits per heavy atom. The molecule has 0 bridgehead atoms. The molecule has 0 fully saturated rings. The van der Waals surface area contributed by atoms with Crippen LogP contribution >= 0.6 is 0 Å². The van der Waals surface area contributed by atoms with E-state index in [1.165, 1.54) is 3.69 Å². The van der Waals surface area contributed by atoms with Crippen molar-refractivity contribution in [1.29, 1.82) is 0 Å². The third kappa shape index (κ3) is 12.7. The minimum atomic E-state index is 0. The molecule has 0 saturated heterocycles. The third-order valence-electron chi connectivity index (χ3n) is 1.25. The summed E-state index contributed by atoms with van der Waals surface area (Å²) < 4.78 is 6.18. The van der Waals surface area contributed by atoms with Crippen molar-refractivity contribution >= 4 is 25.4 Å². The standard InChI is InChI=1S/C6H5.C4H10O.HI.Mg/c1-2-4-6-5-3-1;1-3-5-4-2;;/h1-5H;3-4H2,1-2H3;1H;/q;;;+1/p-1. The normalized spacial score (nSPS) is 8.00. The first kappa shape index (κ1) is 16.1. The van der Waals surface area contributed by atoms with E-state index >= 15 is 0 Å². The molecule has 1 rings (SSSR count). The number of ether oxygens (including phenoxy) is 1. The van der Waals surface area contributed by atoms with Crippen LogP contribution in [0.1, 0.15) is 13.8 Å². The van der Waals surface area contributed by atoms with E-state index in [-0.39, 0.29) is 24.0 Å². The van der Waals surface area contributed by atoms with E-state index < -0.39 is 0 Å². The predicted octanol–water partition coefficient (Wildman–Crippen LogP) is -1.47. The first-order chi connectivity index (χ1) is 5.81. The van der Waals surface area contributed by atoms with Crippen molar-refractivity contribution in [2.75, 3.05) is 13.2 Å². The molecule has 70 valence electrons. The molecule has 0 unspecified atom stereocenters. The van der Waals surface area contributed by atoms with Crippen LogP contribution in [0.25, 0.3) is 0 Å². The Kier molecular flexibility index (Phi) is 15.7. The van der Waals surface area contributed by atoms with E-state index in [2.05, 4.69) is 12.1 Å². The van der Waals surface area contributed by atoms with Gasteiger partial charge in [0.1, 0.15) is 0 Å². The fourth-order valence-corrected chi connectivity index (χ4v) is 0.954. The summed E-state index contributed by atoms with van der Waals surface area (Å²) in [5, 5.41) is 0. The molecule has 3 heteroatoms. The molecule has 0 N–H and O–H groups in total. The van der Waals surface area contributed by atoms with Gasteiger partial charge in [0.2, 0.25) is 0 Å². The Morgan fingerprint density at radius 3 is 1.69 bits per heavy atom. The zero-order chi connectivity index (χ0) is 9.23. The second-order valence-corrected chi connectivity index (χ2v) is 3.08. The summed E-state index contributed by atoms with van der Waals surface area (Å²) in [5.41, 5.74) is 0. The van der Waals surface area contributed by atoms with Crippen molar-refractivity contribution < 1.29 is 28.7 Å². The van der Waals surface area contributed by atoms with Crippen LogP contribution in [0.15, 0.2) is 30.3 Å². The van der Waals surface area contributed by atoms with Gasteiger partial charge in [0.15, 0.2) is 0 Å². The first-order valence-electron chi connectivity index (χ1n) is 4.26. The summed E-state index contributed by atoms with van der Waals surface area (Å²) in [4.78, 5) is 0. The molecule has 0 aliphatic heterocycles. The van der Waals surface area contributed by atoms with Gasteiger partial charge in [-0.05, 0) is 13.8 Å². The Hall–Kier alpha value is 0.676. The van der Waals surface area contributed by atoms with Gasteiger partial charge in [-0.1, -0.05) is 0 Å². The van der Waals surface area contributed by atoms with Crippen LogP contribution in [-0.4, -0.2) is 34.9 Å². The van der Waals surface area contributed by atoms with Crippen molar-refractivity contribution in [3.8, 4) is 0 Å². The Balaban J connectivity index is 0. The van der Waals surface area contributed by atoms with Gasteiger partial charge in [0.25, 0.3) is 0 Å². The molecule has 1 nitrogen and oxygen atoms in total. The average Bonchev–Trinajstić information content (AvgIpc) is 2.08. The number of hydrogen-bond donors (Lipinski definition) is 0. The first-order valence-corrected chi connectivity index (χ1v) is 4.96. The van der Waals surface area contributed by atoms with E-state index in [4.69, 9.17) is 4.74 Å². The van der Waals surface area contributed by atoms with Crippen LogP contribution in [-0.2, 0) is 4.74 Å². The molecule has 0 heterocycles. The van der Waals surface area contributed by atoms with Crippen molar-refractivity contribution in [2.24, 2.45) is 0 Å². The SMILES string of the molecule is CCOCC.[I-].[Mg+][c]1ccccc1. The number of halogens is 1. The number of hydrogen-bond acceptors (Lipinski definition) is 1. The molecular weight excluding hydrogens is 287 g/mol. The molecule has 0 radical (unpaired) electrons. The van der Waals surface area contributed by atoms with Gasteiger partial charge in [0.05, 0.1) is 0 Å². The third-order valence-corrected chi connectivity index (χ3v) is 1.72. The zero-order valence-electron chi connectivity index (χ0n) is 8.29. The molecule has 0 aromatic heterocycles. The summed E-state index contributed by atoms with van der Waals surface area (Å²) in [6, 6.07) is 10.3. The predicted molar refractivity (Wildman–Crippen MR) is 54.0 cm³/mol. The zero-order valence-corrected chi connectivity index (χ0v) is 11.9. The number of rotatable bonds is 2. The average molecular weight is 302 g/mol. The monoisotopic (exact) mass is 302 g/mol. The van der Waals surface area contributed by atoms with E-state index in [0.29, 0.717) is 0 Å². The molecule has 0 saturated carbocycles. The number of benzene rings is 1. The van der Waals surface area contributed by atoms with E-state index in [9.17, 15) is 0 Å². The molecule has 0 amide bonds. The summed E-state index contributed by atoms with van der Waals surface area (Å²) in [5.74, 6) is 0. The van der Waals surface area contributed by atoms with Crippen LogP contribution in [0, 0.1) is 0 Å². The molecule has 1 aromatic carbocycles. The fraction of sp³-hybridized carbons (Fsp3) is 0.400. The molecule has 0 atom stereocenters. The van der Waals surface area contributed by atoms with Gasteiger partial charge in [-0.25, -0.2) is 0 Å². The van der Waals surface area contributed by atoms with Crippen molar-refractivity contribution in [3.63, 3.8) is 0 Å². The molecular formula is C10H15IMgO. The Labute approximate surface area is 111 Å². The van der Waals surface area contributed by atoms with Crippen molar-refractivity contribution in [1.82, 2.24) is 0 Å². The molecule has 0 aliphatic carbocycles. The van der Waals surface area contributed by atoms with Crippen LogP contribution in [0.2, 0.25) is 0 Å². The van der Waals surface area contributed by atoms with Gasteiger partial charge in [0, 0.05) is 13.2 Å². The van der Waals surface area contributed by atoms with E-state index in [0.717, 1.165) is 13.2 Å². The Bertz CT molecular complexity index is 178. The van der Waals surface area contributed by atoms with Crippen LogP contribution in [0.3, 0.4) is 0 Å². The quantitative estimate of drug-likeness (QED) is 0.479. The van der Waals surface area contributed by atoms with Gasteiger partial charge >= 0.3 is 55.7 Å². The van der Waals surface area contributed by atoms with Gasteiger partial charge in [-0.3, -0.25) is 0 Å².